The van der Waals surface area contributed by atoms with E-state index in [0.29, 0.717) is 15.8 Å². The first-order valence-electron chi connectivity index (χ1n) is 10.1. The van der Waals surface area contributed by atoms with Gasteiger partial charge in [-0.25, -0.2) is 18.7 Å². The third-order valence-corrected chi connectivity index (χ3v) is 9.28. The minimum Gasteiger partial charge on any atom is -0.480 e. The van der Waals surface area contributed by atoms with Gasteiger partial charge in [0.05, 0.1) is 12.6 Å². The van der Waals surface area contributed by atoms with Crippen molar-refractivity contribution >= 4 is 42.6 Å². The summed E-state index contributed by atoms with van der Waals surface area (Å²) >= 11 is 3.64. The number of hydrogen-bond acceptors (Lipinski definition) is 4. The number of benzene rings is 1. The molecule has 2 heterocycles. The Kier molecular flexibility index (Phi) is 6.32. The quantitative estimate of drug-likeness (QED) is 0.491. The van der Waals surface area contributed by atoms with Crippen LogP contribution in [-0.2, 0) is 28.5 Å². The number of thiophene rings is 1. The number of carbonyl (C=O) groups is 1. The van der Waals surface area contributed by atoms with Gasteiger partial charge in [0.1, 0.15) is 17.2 Å². The molecule has 2 N–H and O–H groups in total. The van der Waals surface area contributed by atoms with Crippen LogP contribution in [0.15, 0.2) is 43.7 Å². The van der Waals surface area contributed by atoms with Gasteiger partial charge in [0.25, 0.3) is 10.4 Å². The maximum Gasteiger partial charge on any atom is 0.336 e. The molecule has 0 radical (unpaired) electrons. The summed E-state index contributed by atoms with van der Waals surface area (Å²) in [6, 6.07) is 8.93. The number of hydrogen-bond donors (Lipinski definition) is 2. The Hall–Kier alpha value is -2.23. The van der Waals surface area contributed by atoms with Crippen molar-refractivity contribution in [1.29, 1.82) is 0 Å². The number of aliphatic hydroxyl groups excluding tert-OH is 1. The number of nitrogens with zero attached hydrogens (tertiary/aromatic N) is 2. The summed E-state index contributed by atoms with van der Waals surface area (Å²) in [6.45, 7) is 8.47. The highest BCUT2D eigenvalue weighted by atomic mass is 79.9. The van der Waals surface area contributed by atoms with Crippen molar-refractivity contribution in [3.8, 4) is 0 Å². The number of halogens is 1. The van der Waals surface area contributed by atoms with Gasteiger partial charge in [-0.1, -0.05) is 51.1 Å². The Bertz CT molecular complexity index is 1310. The van der Waals surface area contributed by atoms with E-state index >= 15 is 0 Å². The molecule has 0 amide bonds. The van der Waals surface area contributed by atoms with Gasteiger partial charge in [-0.05, 0) is 24.8 Å². The molecule has 2 aromatic heterocycles. The van der Waals surface area contributed by atoms with Crippen molar-refractivity contribution < 1.29 is 15.0 Å². The second-order valence-electron chi connectivity index (χ2n) is 9.41. The van der Waals surface area contributed by atoms with Crippen LogP contribution in [-0.4, -0.2) is 25.3 Å². The predicted molar refractivity (Wildman–Crippen MR) is 131 cm³/mol. The lowest BCUT2D eigenvalue weighted by molar-refractivity contribution is -0.146. The molecule has 9 heteroatoms. The average Bonchev–Trinajstić information content (AvgIpc) is 2.97. The molecule has 0 spiro atoms. The highest BCUT2D eigenvalue weighted by molar-refractivity contribution is 9.11. The van der Waals surface area contributed by atoms with Crippen LogP contribution in [0.2, 0.25) is 0 Å². The SMILES string of the molecule is C[s+]1c(Br)c(C(C)(C)C)c2c(=O)n(C(C)(C)C(=O)O)c(=O)n(C[C@@H](O)c3ccccc3)c21. The van der Waals surface area contributed by atoms with E-state index in [1.54, 1.807) is 24.3 Å². The Morgan fingerprint density at radius 1 is 1.12 bits per heavy atom. The van der Waals surface area contributed by atoms with Crippen LogP contribution in [0, 0.1) is 0 Å². The van der Waals surface area contributed by atoms with Gasteiger partial charge in [0.2, 0.25) is 3.79 Å². The molecule has 0 fully saturated rings. The van der Waals surface area contributed by atoms with Crippen molar-refractivity contribution in [2.24, 2.45) is 6.26 Å². The summed E-state index contributed by atoms with van der Waals surface area (Å²) in [4.78, 5) is 39.8. The van der Waals surface area contributed by atoms with E-state index < -0.39 is 44.7 Å². The van der Waals surface area contributed by atoms with Gasteiger partial charge >= 0.3 is 11.7 Å². The van der Waals surface area contributed by atoms with E-state index in [4.69, 9.17) is 0 Å². The zero-order valence-electron chi connectivity index (χ0n) is 19.0. The minimum absolute atomic E-state index is 0.101. The molecule has 3 rings (SSSR count). The number of rotatable bonds is 5. The fourth-order valence-electron chi connectivity index (χ4n) is 3.87. The summed E-state index contributed by atoms with van der Waals surface area (Å²) in [7, 11) is -0.632. The number of aliphatic hydroxyl groups is 1. The van der Waals surface area contributed by atoms with Crippen molar-refractivity contribution in [2.75, 3.05) is 0 Å². The summed E-state index contributed by atoms with van der Waals surface area (Å²) < 4.78 is 2.99. The molecule has 3 aromatic rings. The highest BCUT2D eigenvalue weighted by Crippen LogP contribution is 2.46. The van der Waals surface area contributed by atoms with Crippen LogP contribution in [0.5, 0.6) is 0 Å². The Morgan fingerprint density at radius 2 is 1.69 bits per heavy atom. The number of fused-ring (bicyclic) bond motifs is 1. The zero-order valence-corrected chi connectivity index (χ0v) is 21.4. The molecule has 1 aromatic carbocycles. The van der Waals surface area contributed by atoms with Crippen LogP contribution in [0.3, 0.4) is 0 Å². The smallest absolute Gasteiger partial charge is 0.336 e. The largest absolute Gasteiger partial charge is 0.480 e. The number of aromatic nitrogens is 2. The third kappa shape index (κ3) is 3.86. The van der Waals surface area contributed by atoms with Gasteiger partial charge in [-0.15, -0.1) is 0 Å². The second kappa shape index (κ2) is 8.28. The fourth-order valence-corrected chi connectivity index (χ4v) is 6.99. The first-order chi connectivity index (χ1) is 14.7. The lowest BCUT2D eigenvalue weighted by Crippen LogP contribution is -2.53. The topological polar surface area (TPSA) is 102 Å². The second-order valence-corrected chi connectivity index (χ2v) is 12.5. The number of aryl methyl sites for hydroxylation is 1. The lowest BCUT2D eigenvalue weighted by atomic mass is 9.87. The van der Waals surface area contributed by atoms with Crippen molar-refractivity contribution in [1.82, 2.24) is 9.13 Å². The number of aliphatic carboxylic acids is 1. The molecule has 0 saturated heterocycles. The van der Waals surface area contributed by atoms with Crippen LogP contribution in [0.1, 0.15) is 51.8 Å². The van der Waals surface area contributed by atoms with Crippen LogP contribution < -0.4 is 11.2 Å². The van der Waals surface area contributed by atoms with Crippen molar-refractivity contribution in [3.05, 3.63) is 66.1 Å². The van der Waals surface area contributed by atoms with Gasteiger partial charge in [0.15, 0.2) is 0 Å². The molecule has 0 aliphatic heterocycles. The van der Waals surface area contributed by atoms with E-state index in [-0.39, 0.29) is 6.54 Å². The van der Waals surface area contributed by atoms with Crippen molar-refractivity contribution in [2.45, 2.75) is 58.2 Å². The summed E-state index contributed by atoms with van der Waals surface area (Å²) in [5.74, 6) is -1.29. The molecular formula is C23H28BrN2O5S+. The third-order valence-electron chi connectivity index (χ3n) is 5.68. The van der Waals surface area contributed by atoms with E-state index in [1.165, 1.54) is 18.4 Å². The molecule has 2 atom stereocenters. The fraction of sp³-hybridized carbons (Fsp3) is 0.435. The lowest BCUT2D eigenvalue weighted by Gasteiger charge is -2.24. The number of carboxylic acids is 1. The monoisotopic (exact) mass is 523 g/mol. The first-order valence-corrected chi connectivity index (χ1v) is 12.6. The standard InChI is InChI=1S/C23H27BrN2O5S/c1-22(2,3)16-15-18(28)26(23(4,5)20(29)30)21(31)25(19(15)32(6)17(16)24)12-14(27)13-10-8-7-9-11-13/h7-11,14,27H,12H2,1-6H3/p+1/t14-,32?/m1/s1. The average molecular weight is 524 g/mol. The van der Waals surface area contributed by atoms with Crippen LogP contribution in [0.25, 0.3) is 10.2 Å². The maximum absolute atomic E-state index is 13.7. The van der Waals surface area contributed by atoms with Gasteiger partial charge in [-0.2, -0.15) is 0 Å². The zero-order chi connectivity index (χ0) is 24.2. The minimum atomic E-state index is -1.77. The first kappa shape index (κ1) is 24.4. The van der Waals surface area contributed by atoms with E-state index in [2.05, 4.69) is 15.9 Å². The maximum atomic E-state index is 13.7. The summed E-state index contributed by atoms with van der Waals surface area (Å²) in [5, 5.41) is 21.0. The van der Waals surface area contributed by atoms with Gasteiger partial charge in [-0.3, -0.25) is 4.79 Å². The molecule has 172 valence electrons. The predicted octanol–water partition coefficient (Wildman–Crippen LogP) is 4.06. The Morgan fingerprint density at radius 3 is 2.19 bits per heavy atom. The van der Waals surface area contributed by atoms with Crippen molar-refractivity contribution in [3.63, 3.8) is 0 Å². The van der Waals surface area contributed by atoms with Gasteiger partial charge < -0.3 is 10.2 Å². The number of carboxylic acid groups (broad SMARTS) is 1. The molecule has 0 saturated carbocycles. The molecule has 1 unspecified atom stereocenters. The summed E-state index contributed by atoms with van der Waals surface area (Å²) in [5.41, 5.74) is -2.20. The Labute approximate surface area is 197 Å². The normalized spacial score (nSPS) is 14.1. The van der Waals surface area contributed by atoms with E-state index in [9.17, 15) is 24.6 Å². The molecule has 32 heavy (non-hydrogen) atoms. The molecule has 7 nitrogen and oxygen atoms in total. The molecular weight excluding hydrogens is 496 g/mol. The Balaban J connectivity index is 2.49. The molecule has 0 aliphatic rings. The van der Waals surface area contributed by atoms with E-state index in [0.717, 1.165) is 13.9 Å². The molecule has 0 aliphatic carbocycles. The summed E-state index contributed by atoms with van der Waals surface area (Å²) in [6.07, 6.45) is 0.907. The van der Waals surface area contributed by atoms with E-state index in [1.807, 2.05) is 33.1 Å². The molecule has 0 bridgehead atoms. The highest BCUT2D eigenvalue weighted by Gasteiger charge is 2.40. The van der Waals surface area contributed by atoms with Crippen LogP contribution in [0.4, 0.5) is 0 Å². The van der Waals surface area contributed by atoms with Gasteiger partial charge in [0, 0.05) is 32.0 Å². The van der Waals surface area contributed by atoms with Crippen LogP contribution >= 0.6 is 26.4 Å².